The number of aromatic nitrogens is 2. The summed E-state index contributed by atoms with van der Waals surface area (Å²) in [6.07, 6.45) is 7.11. The summed E-state index contributed by atoms with van der Waals surface area (Å²) in [4.78, 5) is 0. The van der Waals surface area contributed by atoms with Crippen LogP contribution in [0.25, 0.3) is 93.8 Å². The number of fused-ring (bicyclic) bond motifs is 10. The number of hydrogen-bond acceptors (Lipinski definition) is 4. The van der Waals surface area contributed by atoms with Gasteiger partial charge >= 0.3 is 0 Å². The molecule has 56 heavy (non-hydrogen) atoms. The zero-order valence-electron chi connectivity index (χ0n) is 33.0. The molecule has 0 atom stereocenters. The van der Waals surface area contributed by atoms with Crippen molar-refractivity contribution in [3.8, 4) is 11.4 Å². The van der Waals surface area contributed by atoms with Crippen LogP contribution in [0.5, 0.6) is 0 Å². The molecule has 0 saturated heterocycles. The van der Waals surface area contributed by atoms with Crippen molar-refractivity contribution in [2.45, 2.75) is 68.2 Å². The highest BCUT2D eigenvalue weighted by Crippen LogP contribution is 2.53. The lowest BCUT2D eigenvalue weighted by Crippen LogP contribution is -2.30. The minimum absolute atomic E-state index is 1.05. The molecule has 0 fully saturated rings. The summed E-state index contributed by atoms with van der Waals surface area (Å²) >= 11 is 8.06. The van der Waals surface area contributed by atoms with Crippen LogP contribution in [-0.2, 0) is 0 Å². The second-order valence-corrected chi connectivity index (χ2v) is 19.8. The van der Waals surface area contributed by atoms with E-state index in [0.29, 0.717) is 0 Å². The monoisotopic (exact) mass is 798 g/mol. The van der Waals surface area contributed by atoms with E-state index in [-0.39, 0.29) is 0 Å². The van der Waals surface area contributed by atoms with E-state index in [4.69, 9.17) is 0 Å². The van der Waals surface area contributed by atoms with Gasteiger partial charge in [0.25, 0.3) is 0 Å². The van der Waals surface area contributed by atoms with E-state index in [1.807, 2.05) is 45.3 Å². The van der Waals surface area contributed by atoms with Crippen molar-refractivity contribution in [1.82, 2.24) is 9.13 Å². The molecule has 0 spiro atoms. The van der Waals surface area contributed by atoms with Crippen LogP contribution in [0.1, 0.15) is 57.3 Å². The maximum Gasteiger partial charge on any atom is 0.0838 e. The number of nitrogens with zero attached hydrogens (tertiary/aromatic N) is 2. The van der Waals surface area contributed by atoms with Crippen LogP contribution in [0, 0.1) is 55.4 Å². The summed E-state index contributed by atoms with van der Waals surface area (Å²) in [6.45, 7) is 18.6. The lowest BCUT2D eigenvalue weighted by molar-refractivity contribution is 1.04. The average Bonchev–Trinajstić information content (AvgIpc) is 3.74. The van der Waals surface area contributed by atoms with Crippen molar-refractivity contribution in [2.24, 2.45) is 0 Å². The quantitative estimate of drug-likeness (QED) is 0.154. The Hall–Kier alpha value is -4.72. The van der Waals surface area contributed by atoms with E-state index in [1.165, 1.54) is 137 Å². The molecule has 0 aliphatic heterocycles. The maximum atomic E-state index is 2.66. The number of rotatable bonds is 2. The molecule has 6 heteroatoms. The SMILES string of the molecule is Cc1c(C)c(C)c2sc3c(-n4c5ccccc5c5ccccc54)c4sc5c(C)c(C)c(C)c(C)c5sc4c(-n4c5c(c6ccccc64)=CCCC=5)c3sc2c1C. The number of hydrogen-bond donors (Lipinski definition) is 0. The van der Waals surface area contributed by atoms with Crippen molar-refractivity contribution in [3.63, 3.8) is 0 Å². The molecule has 0 bridgehead atoms. The molecule has 2 nitrogen and oxygen atoms in total. The molecule has 4 heterocycles. The highest BCUT2D eigenvalue weighted by atomic mass is 32.1. The van der Waals surface area contributed by atoms with Crippen molar-refractivity contribution >= 4 is 128 Å². The maximum absolute atomic E-state index is 2.66. The minimum atomic E-state index is 1.05. The fourth-order valence-corrected chi connectivity index (χ4v) is 15.4. The van der Waals surface area contributed by atoms with Crippen LogP contribution in [-0.4, -0.2) is 9.13 Å². The molecule has 11 rings (SSSR count). The highest BCUT2D eigenvalue weighted by Gasteiger charge is 2.27. The van der Waals surface area contributed by atoms with Gasteiger partial charge in [-0.05, 0) is 131 Å². The van der Waals surface area contributed by atoms with E-state index >= 15 is 0 Å². The normalized spacial score (nSPS) is 13.1. The molecule has 0 saturated carbocycles. The van der Waals surface area contributed by atoms with Gasteiger partial charge in [-0.3, -0.25) is 0 Å². The van der Waals surface area contributed by atoms with Gasteiger partial charge in [-0.2, -0.15) is 0 Å². The molecule has 0 amide bonds. The minimum Gasteiger partial charge on any atom is -0.307 e. The van der Waals surface area contributed by atoms with E-state index in [1.54, 1.807) is 0 Å². The van der Waals surface area contributed by atoms with E-state index in [2.05, 4.69) is 149 Å². The first-order valence-electron chi connectivity index (χ1n) is 19.6. The summed E-state index contributed by atoms with van der Waals surface area (Å²) in [5, 5.41) is 6.64. The Bertz CT molecular complexity index is 3390. The molecule has 1 aliphatic carbocycles. The van der Waals surface area contributed by atoms with Crippen LogP contribution >= 0.6 is 45.3 Å². The van der Waals surface area contributed by atoms with Gasteiger partial charge in [0.2, 0.25) is 0 Å². The van der Waals surface area contributed by atoms with Crippen molar-refractivity contribution < 1.29 is 0 Å². The third-order valence-electron chi connectivity index (χ3n) is 13.1. The van der Waals surface area contributed by atoms with Gasteiger partial charge in [0, 0.05) is 45.5 Å². The number of aryl methyl sites for hydroxylation is 4. The highest BCUT2D eigenvalue weighted by molar-refractivity contribution is 7.40. The van der Waals surface area contributed by atoms with E-state index < -0.39 is 0 Å². The molecule has 0 N–H and O–H groups in total. The zero-order valence-corrected chi connectivity index (χ0v) is 36.3. The summed E-state index contributed by atoms with van der Waals surface area (Å²) in [5.74, 6) is 0. The predicted octanol–water partition coefficient (Wildman–Crippen LogP) is 14.5. The Balaban J connectivity index is 1.51. The first-order chi connectivity index (χ1) is 27.2. The molecule has 276 valence electrons. The number of benzene rings is 6. The van der Waals surface area contributed by atoms with Gasteiger partial charge in [-0.25, -0.2) is 0 Å². The third-order valence-corrected chi connectivity index (χ3v) is 18.9. The Labute approximate surface area is 342 Å². The van der Waals surface area contributed by atoms with Crippen LogP contribution in [0.4, 0.5) is 0 Å². The smallest absolute Gasteiger partial charge is 0.0838 e. The van der Waals surface area contributed by atoms with Gasteiger partial charge in [0.1, 0.15) is 0 Å². The Kier molecular flexibility index (Phi) is 7.64. The van der Waals surface area contributed by atoms with Crippen LogP contribution in [0.15, 0.2) is 72.8 Å². The molecule has 1 aliphatic rings. The first kappa shape index (κ1) is 34.5. The molecule has 0 unspecified atom stereocenters. The van der Waals surface area contributed by atoms with E-state index in [0.717, 1.165) is 12.8 Å². The Morgan fingerprint density at radius 2 is 0.696 bits per heavy atom. The standard InChI is InChI=1S/C50H42N2S4/c1-25-26(2)30(6)44-43(29(25)5)53-47-41(51-37-21-13-9-17-33(37)34-18-10-14-22-38(34)51)49-50(56-46-32(8)28(4)27(3)31(7)45(46)55-49)42(48(47)54-44)52-39-23-15-11-19-35(39)36-20-12-16-24-40(36)52/h9-11,13-15,17-24H,12,16H2,1-8H3. The largest absolute Gasteiger partial charge is 0.307 e. The zero-order chi connectivity index (χ0) is 38.3. The van der Waals surface area contributed by atoms with Gasteiger partial charge < -0.3 is 9.13 Å². The summed E-state index contributed by atoms with van der Waals surface area (Å²) in [6, 6.07) is 27.2. The molecule has 10 aromatic rings. The molecular formula is C50H42N2S4. The second-order valence-electron chi connectivity index (χ2n) is 15.7. The lowest BCUT2D eigenvalue weighted by atomic mass is 10.00. The van der Waals surface area contributed by atoms with Crippen molar-refractivity contribution in [3.05, 3.63) is 128 Å². The Morgan fingerprint density at radius 3 is 1.12 bits per heavy atom. The summed E-state index contributed by atoms with van der Waals surface area (Å²) in [7, 11) is 0. The van der Waals surface area contributed by atoms with E-state index in [9.17, 15) is 0 Å². The third kappa shape index (κ3) is 4.53. The number of para-hydroxylation sites is 3. The van der Waals surface area contributed by atoms with Crippen molar-refractivity contribution in [1.29, 1.82) is 0 Å². The lowest BCUT2D eigenvalue weighted by Gasteiger charge is -2.22. The van der Waals surface area contributed by atoms with Gasteiger partial charge in [0.05, 0.1) is 46.7 Å². The topological polar surface area (TPSA) is 9.86 Å². The van der Waals surface area contributed by atoms with Crippen LogP contribution < -0.4 is 10.6 Å². The molecule has 6 aromatic carbocycles. The molecular weight excluding hydrogens is 757 g/mol. The van der Waals surface area contributed by atoms with Gasteiger partial charge in [0.15, 0.2) is 0 Å². The second kappa shape index (κ2) is 12.4. The summed E-state index contributed by atoms with van der Waals surface area (Å²) in [5.41, 5.74) is 17.7. The molecule has 4 aromatic heterocycles. The molecule has 0 radical (unpaired) electrons. The Morgan fingerprint density at radius 1 is 0.357 bits per heavy atom. The average molecular weight is 799 g/mol. The van der Waals surface area contributed by atoms with Crippen LogP contribution in [0.3, 0.4) is 0 Å². The fourth-order valence-electron chi connectivity index (χ4n) is 9.36. The fraction of sp³-hybridized carbons (Fsp3) is 0.200. The van der Waals surface area contributed by atoms with Crippen LogP contribution in [0.2, 0.25) is 0 Å². The summed E-state index contributed by atoms with van der Waals surface area (Å²) < 4.78 is 16.4. The van der Waals surface area contributed by atoms with Gasteiger partial charge in [-0.15, -0.1) is 45.3 Å². The predicted molar refractivity (Wildman–Crippen MR) is 252 cm³/mol. The van der Waals surface area contributed by atoms with Crippen molar-refractivity contribution in [2.75, 3.05) is 0 Å². The van der Waals surface area contributed by atoms with Gasteiger partial charge in [-0.1, -0.05) is 66.7 Å². The first-order valence-corrected chi connectivity index (χ1v) is 22.9.